The Kier molecular flexibility index (Phi) is 6.22. The highest BCUT2D eigenvalue weighted by molar-refractivity contribution is 7.89. The molecular formula is C21H27N5O4S. The summed E-state index contributed by atoms with van der Waals surface area (Å²) in [7, 11) is 0.245. The molecule has 1 atom stereocenters. The summed E-state index contributed by atoms with van der Waals surface area (Å²) in [5.41, 5.74) is 2.52. The number of aryl methyl sites for hydroxylation is 1. The second kappa shape index (κ2) is 8.89. The Balaban J connectivity index is 1.40. The first-order valence-corrected chi connectivity index (χ1v) is 11.8. The number of hydrogen-bond acceptors (Lipinski definition) is 7. The number of ether oxygens (including phenoxy) is 1. The molecule has 2 heterocycles. The summed E-state index contributed by atoms with van der Waals surface area (Å²) in [6.45, 7) is 1.47. The van der Waals surface area contributed by atoms with Crippen molar-refractivity contribution in [1.82, 2.24) is 19.6 Å². The third-order valence-corrected chi connectivity index (χ3v) is 7.51. The molecule has 1 saturated heterocycles. The van der Waals surface area contributed by atoms with Gasteiger partial charge in [-0.25, -0.2) is 18.4 Å². The van der Waals surface area contributed by atoms with Crippen LogP contribution < -0.4 is 10.2 Å². The lowest BCUT2D eigenvalue weighted by Crippen LogP contribution is -2.40. The molecule has 9 nitrogen and oxygen atoms in total. The van der Waals surface area contributed by atoms with Gasteiger partial charge >= 0.3 is 0 Å². The maximum absolute atomic E-state index is 12.7. The molecule has 1 amide bonds. The molecule has 0 unspecified atom stereocenters. The molecule has 0 radical (unpaired) electrons. The summed E-state index contributed by atoms with van der Waals surface area (Å²) >= 11 is 0. The molecule has 31 heavy (non-hydrogen) atoms. The van der Waals surface area contributed by atoms with Crippen molar-refractivity contribution in [2.75, 3.05) is 45.3 Å². The SMILES string of the molecule is CN(C)c1ncc2c(n1)CC[C@H](NC(=O)c1ccc(S(=O)(=O)N3CCOCC3)cc1)C2. The van der Waals surface area contributed by atoms with Gasteiger partial charge in [0.2, 0.25) is 16.0 Å². The molecule has 1 aliphatic heterocycles. The van der Waals surface area contributed by atoms with Crippen LogP contribution in [-0.4, -0.2) is 75.0 Å². The average molecular weight is 446 g/mol. The second-order valence-corrected chi connectivity index (χ2v) is 9.93. The van der Waals surface area contributed by atoms with E-state index in [0.717, 1.165) is 24.1 Å². The number of anilines is 1. The second-order valence-electron chi connectivity index (χ2n) is 7.99. The van der Waals surface area contributed by atoms with Crippen LogP contribution in [0.15, 0.2) is 35.4 Å². The van der Waals surface area contributed by atoms with Crippen molar-refractivity contribution in [3.05, 3.63) is 47.3 Å². The number of carbonyl (C=O) groups excluding carboxylic acids is 1. The van der Waals surface area contributed by atoms with Crippen LogP contribution in [0.2, 0.25) is 0 Å². The zero-order chi connectivity index (χ0) is 22.0. The van der Waals surface area contributed by atoms with Gasteiger partial charge in [0.15, 0.2) is 0 Å². The Morgan fingerprint density at radius 1 is 1.19 bits per heavy atom. The molecule has 166 valence electrons. The van der Waals surface area contributed by atoms with Gasteiger partial charge in [0, 0.05) is 50.7 Å². The van der Waals surface area contributed by atoms with Gasteiger partial charge in [-0.3, -0.25) is 4.79 Å². The number of benzene rings is 1. The Morgan fingerprint density at radius 2 is 1.90 bits per heavy atom. The largest absolute Gasteiger partial charge is 0.379 e. The van der Waals surface area contributed by atoms with E-state index in [2.05, 4.69) is 15.3 Å². The number of rotatable bonds is 5. The molecule has 1 aromatic heterocycles. The minimum Gasteiger partial charge on any atom is -0.379 e. The molecular weight excluding hydrogens is 418 g/mol. The van der Waals surface area contributed by atoms with E-state index in [0.29, 0.717) is 44.2 Å². The first kappa shape index (κ1) is 21.7. The first-order valence-electron chi connectivity index (χ1n) is 10.4. The lowest BCUT2D eigenvalue weighted by molar-refractivity contribution is 0.0730. The van der Waals surface area contributed by atoms with E-state index in [1.165, 1.54) is 16.4 Å². The minimum absolute atomic E-state index is 0.00874. The zero-order valence-electron chi connectivity index (χ0n) is 17.7. The quantitative estimate of drug-likeness (QED) is 0.727. The van der Waals surface area contributed by atoms with E-state index in [1.54, 1.807) is 12.1 Å². The van der Waals surface area contributed by atoms with Crippen LogP contribution in [0.5, 0.6) is 0 Å². The number of fused-ring (bicyclic) bond motifs is 1. The molecule has 10 heteroatoms. The standard InChI is InChI=1S/C21H27N5O4S/c1-25(2)21-22-14-16-13-17(5-8-19(16)24-21)23-20(27)15-3-6-18(7-4-15)31(28,29)26-9-11-30-12-10-26/h3-4,6-7,14,17H,5,8-13H2,1-2H3,(H,23,27)/t17-/m0/s1. The molecule has 1 N–H and O–H groups in total. The number of hydrogen-bond donors (Lipinski definition) is 1. The van der Waals surface area contributed by atoms with Gasteiger partial charge in [-0.2, -0.15) is 4.31 Å². The fourth-order valence-corrected chi connectivity index (χ4v) is 5.23. The smallest absolute Gasteiger partial charge is 0.251 e. The molecule has 2 aliphatic rings. The third-order valence-electron chi connectivity index (χ3n) is 5.60. The van der Waals surface area contributed by atoms with Crippen molar-refractivity contribution in [2.24, 2.45) is 0 Å². The highest BCUT2D eigenvalue weighted by Crippen LogP contribution is 2.22. The highest BCUT2D eigenvalue weighted by Gasteiger charge is 2.27. The summed E-state index contributed by atoms with van der Waals surface area (Å²) in [5, 5.41) is 3.05. The van der Waals surface area contributed by atoms with Crippen LogP contribution in [0.1, 0.15) is 28.0 Å². The fourth-order valence-electron chi connectivity index (χ4n) is 3.82. The number of nitrogens with one attached hydrogen (secondary N) is 1. The summed E-state index contributed by atoms with van der Waals surface area (Å²) in [5.74, 6) is 0.475. The number of carbonyl (C=O) groups is 1. The van der Waals surface area contributed by atoms with E-state index in [-0.39, 0.29) is 16.8 Å². The predicted molar refractivity (Wildman–Crippen MR) is 116 cm³/mol. The van der Waals surface area contributed by atoms with Gasteiger partial charge in [0.1, 0.15) is 0 Å². The number of nitrogens with zero attached hydrogens (tertiary/aromatic N) is 4. The molecule has 1 fully saturated rings. The highest BCUT2D eigenvalue weighted by atomic mass is 32.2. The van der Waals surface area contributed by atoms with Crippen molar-refractivity contribution in [1.29, 1.82) is 0 Å². The van der Waals surface area contributed by atoms with Crippen LogP contribution in [-0.2, 0) is 27.6 Å². The molecule has 1 aliphatic carbocycles. The van der Waals surface area contributed by atoms with Crippen LogP contribution in [0, 0.1) is 0 Å². The van der Waals surface area contributed by atoms with E-state index in [1.807, 2.05) is 25.2 Å². The monoisotopic (exact) mass is 445 g/mol. The fraction of sp³-hybridized carbons (Fsp3) is 0.476. The van der Waals surface area contributed by atoms with Gasteiger partial charge in [0.05, 0.1) is 18.1 Å². The molecule has 4 rings (SSSR count). The van der Waals surface area contributed by atoms with Crippen LogP contribution >= 0.6 is 0 Å². The van der Waals surface area contributed by atoms with Gasteiger partial charge in [0.25, 0.3) is 5.91 Å². The summed E-state index contributed by atoms with van der Waals surface area (Å²) in [6, 6.07) is 6.10. The first-order chi connectivity index (χ1) is 14.8. The zero-order valence-corrected chi connectivity index (χ0v) is 18.6. The van der Waals surface area contributed by atoms with Crippen LogP contribution in [0.25, 0.3) is 0 Å². The Labute approximate surface area is 182 Å². The maximum atomic E-state index is 12.7. The summed E-state index contributed by atoms with van der Waals surface area (Å²) < 4.78 is 32.1. The minimum atomic E-state index is -3.57. The van der Waals surface area contributed by atoms with Crippen molar-refractivity contribution >= 4 is 21.9 Å². The van der Waals surface area contributed by atoms with E-state index >= 15 is 0 Å². The number of amides is 1. The molecule has 1 aromatic carbocycles. The summed E-state index contributed by atoms with van der Waals surface area (Å²) in [4.78, 5) is 23.7. The Bertz CT molecular complexity index is 1050. The van der Waals surface area contributed by atoms with Crippen molar-refractivity contribution in [2.45, 2.75) is 30.2 Å². The normalized spacial score (nSPS) is 19.5. The number of sulfonamides is 1. The average Bonchev–Trinajstić information content (AvgIpc) is 2.79. The van der Waals surface area contributed by atoms with E-state index in [9.17, 15) is 13.2 Å². The van der Waals surface area contributed by atoms with E-state index in [4.69, 9.17) is 4.74 Å². The number of morpholine rings is 1. The van der Waals surface area contributed by atoms with Crippen molar-refractivity contribution < 1.29 is 17.9 Å². The maximum Gasteiger partial charge on any atom is 0.251 e. The molecule has 0 saturated carbocycles. The van der Waals surface area contributed by atoms with Gasteiger partial charge in [-0.15, -0.1) is 0 Å². The van der Waals surface area contributed by atoms with Crippen LogP contribution in [0.4, 0.5) is 5.95 Å². The number of aromatic nitrogens is 2. The lowest BCUT2D eigenvalue weighted by atomic mass is 9.92. The molecule has 0 spiro atoms. The van der Waals surface area contributed by atoms with Crippen LogP contribution in [0.3, 0.4) is 0 Å². The summed E-state index contributed by atoms with van der Waals surface area (Å²) in [6.07, 6.45) is 4.09. The van der Waals surface area contributed by atoms with Crippen molar-refractivity contribution in [3.63, 3.8) is 0 Å². The molecule has 2 aromatic rings. The van der Waals surface area contributed by atoms with Crippen molar-refractivity contribution in [3.8, 4) is 0 Å². The third kappa shape index (κ3) is 4.70. The van der Waals surface area contributed by atoms with Gasteiger partial charge < -0.3 is 15.0 Å². The lowest BCUT2D eigenvalue weighted by Gasteiger charge is -2.26. The topological polar surface area (TPSA) is 105 Å². The molecule has 0 bridgehead atoms. The predicted octanol–water partition coefficient (Wildman–Crippen LogP) is 0.851. The van der Waals surface area contributed by atoms with Gasteiger partial charge in [-0.1, -0.05) is 0 Å². The Hall–Kier alpha value is -2.56. The van der Waals surface area contributed by atoms with E-state index < -0.39 is 10.0 Å². The van der Waals surface area contributed by atoms with Gasteiger partial charge in [-0.05, 0) is 49.1 Å². The Morgan fingerprint density at radius 3 is 2.58 bits per heavy atom.